The maximum Gasteiger partial charge on any atom is 0.108 e. The van der Waals surface area contributed by atoms with Crippen LogP contribution in [0.4, 0.5) is 0 Å². The molecule has 0 aliphatic rings. The SMILES string of the molecule is CCNC[C@@H](O)c1ccc(Br)cn1. The van der Waals surface area contributed by atoms with Gasteiger partial charge in [0.1, 0.15) is 6.10 Å². The van der Waals surface area contributed by atoms with Crippen LogP contribution in [-0.2, 0) is 0 Å². The molecule has 4 heteroatoms. The van der Waals surface area contributed by atoms with Gasteiger partial charge in [-0.05, 0) is 34.6 Å². The van der Waals surface area contributed by atoms with E-state index in [1.165, 1.54) is 0 Å². The summed E-state index contributed by atoms with van der Waals surface area (Å²) in [4.78, 5) is 4.09. The predicted molar refractivity (Wildman–Crippen MR) is 55.4 cm³/mol. The fraction of sp³-hybridized carbons (Fsp3) is 0.444. The van der Waals surface area contributed by atoms with Crippen molar-refractivity contribution in [3.8, 4) is 0 Å². The molecule has 1 heterocycles. The van der Waals surface area contributed by atoms with Crippen molar-refractivity contribution >= 4 is 15.9 Å². The monoisotopic (exact) mass is 244 g/mol. The molecular formula is C9H13BrN2O. The van der Waals surface area contributed by atoms with Crippen LogP contribution in [0.2, 0.25) is 0 Å². The molecular weight excluding hydrogens is 232 g/mol. The van der Waals surface area contributed by atoms with Gasteiger partial charge in [-0.2, -0.15) is 0 Å². The normalized spacial score (nSPS) is 12.8. The number of aliphatic hydroxyl groups excluding tert-OH is 1. The number of hydrogen-bond acceptors (Lipinski definition) is 3. The maximum atomic E-state index is 9.60. The zero-order chi connectivity index (χ0) is 9.68. The Morgan fingerprint density at radius 2 is 2.38 bits per heavy atom. The van der Waals surface area contributed by atoms with E-state index >= 15 is 0 Å². The first-order chi connectivity index (χ1) is 6.24. The number of aromatic nitrogens is 1. The van der Waals surface area contributed by atoms with Crippen LogP contribution < -0.4 is 5.32 Å². The molecule has 0 saturated carbocycles. The van der Waals surface area contributed by atoms with Crippen LogP contribution in [0.1, 0.15) is 18.7 Å². The van der Waals surface area contributed by atoms with Crippen molar-refractivity contribution in [3.63, 3.8) is 0 Å². The standard InChI is InChI=1S/C9H13BrN2O/c1-2-11-6-9(13)8-4-3-7(10)5-12-8/h3-5,9,11,13H,2,6H2,1H3/t9-/m1/s1. The quantitative estimate of drug-likeness (QED) is 0.844. The second kappa shape index (κ2) is 5.32. The average Bonchev–Trinajstić information content (AvgIpc) is 2.15. The third-order valence-electron chi connectivity index (χ3n) is 1.68. The summed E-state index contributed by atoms with van der Waals surface area (Å²) in [5.74, 6) is 0. The molecule has 2 N–H and O–H groups in total. The third kappa shape index (κ3) is 3.42. The predicted octanol–water partition coefficient (Wildman–Crippen LogP) is 1.49. The number of likely N-dealkylation sites (N-methyl/N-ethyl adjacent to an activating group) is 1. The Balaban J connectivity index is 2.55. The lowest BCUT2D eigenvalue weighted by molar-refractivity contribution is 0.171. The molecule has 1 rings (SSSR count). The molecule has 1 atom stereocenters. The first-order valence-electron chi connectivity index (χ1n) is 4.24. The molecule has 0 unspecified atom stereocenters. The molecule has 1 aromatic heterocycles. The molecule has 0 bridgehead atoms. The highest BCUT2D eigenvalue weighted by Gasteiger charge is 2.06. The molecule has 0 fully saturated rings. The van der Waals surface area contributed by atoms with Crippen molar-refractivity contribution < 1.29 is 5.11 Å². The summed E-state index contributed by atoms with van der Waals surface area (Å²) in [6.07, 6.45) is 1.16. The first-order valence-corrected chi connectivity index (χ1v) is 5.03. The molecule has 0 aliphatic heterocycles. The van der Waals surface area contributed by atoms with Gasteiger partial charge in [-0.25, -0.2) is 0 Å². The molecule has 0 spiro atoms. The van der Waals surface area contributed by atoms with E-state index in [4.69, 9.17) is 0 Å². The van der Waals surface area contributed by atoms with Crippen molar-refractivity contribution in [1.82, 2.24) is 10.3 Å². The van der Waals surface area contributed by atoms with E-state index in [0.717, 1.165) is 11.0 Å². The minimum atomic E-state index is -0.520. The highest BCUT2D eigenvalue weighted by Crippen LogP contribution is 2.12. The van der Waals surface area contributed by atoms with E-state index < -0.39 is 6.10 Å². The van der Waals surface area contributed by atoms with Gasteiger partial charge in [0, 0.05) is 17.2 Å². The van der Waals surface area contributed by atoms with Gasteiger partial charge in [0.05, 0.1) is 5.69 Å². The number of aliphatic hydroxyl groups is 1. The molecule has 0 aromatic carbocycles. The lowest BCUT2D eigenvalue weighted by Crippen LogP contribution is -2.21. The lowest BCUT2D eigenvalue weighted by Gasteiger charge is -2.09. The van der Waals surface area contributed by atoms with E-state index in [9.17, 15) is 5.11 Å². The number of pyridine rings is 1. The number of nitrogens with zero attached hydrogens (tertiary/aromatic N) is 1. The summed E-state index contributed by atoms with van der Waals surface area (Å²) in [7, 11) is 0. The number of rotatable bonds is 4. The number of halogens is 1. The van der Waals surface area contributed by atoms with E-state index in [2.05, 4.69) is 26.2 Å². The van der Waals surface area contributed by atoms with Crippen LogP contribution in [0, 0.1) is 0 Å². The average molecular weight is 245 g/mol. The van der Waals surface area contributed by atoms with Crippen molar-refractivity contribution in [2.24, 2.45) is 0 Å². The summed E-state index contributed by atoms with van der Waals surface area (Å²) >= 11 is 3.29. The van der Waals surface area contributed by atoms with E-state index in [0.29, 0.717) is 12.2 Å². The zero-order valence-corrected chi connectivity index (χ0v) is 9.08. The van der Waals surface area contributed by atoms with Gasteiger partial charge < -0.3 is 10.4 Å². The second-order valence-electron chi connectivity index (χ2n) is 2.72. The highest BCUT2D eigenvalue weighted by atomic mass is 79.9. The topological polar surface area (TPSA) is 45.1 Å². The largest absolute Gasteiger partial charge is 0.385 e. The van der Waals surface area contributed by atoms with E-state index in [1.807, 2.05) is 19.1 Å². The van der Waals surface area contributed by atoms with Crippen LogP contribution in [0.3, 0.4) is 0 Å². The van der Waals surface area contributed by atoms with Crippen LogP contribution in [0.15, 0.2) is 22.8 Å². The van der Waals surface area contributed by atoms with Gasteiger partial charge in [-0.3, -0.25) is 4.98 Å². The Morgan fingerprint density at radius 3 is 2.92 bits per heavy atom. The molecule has 72 valence electrons. The smallest absolute Gasteiger partial charge is 0.108 e. The second-order valence-corrected chi connectivity index (χ2v) is 3.64. The Morgan fingerprint density at radius 1 is 1.62 bits per heavy atom. The first kappa shape index (κ1) is 10.6. The van der Waals surface area contributed by atoms with Crippen molar-refractivity contribution in [1.29, 1.82) is 0 Å². The van der Waals surface area contributed by atoms with E-state index in [-0.39, 0.29) is 0 Å². The maximum absolute atomic E-state index is 9.60. The van der Waals surface area contributed by atoms with Crippen LogP contribution in [0.25, 0.3) is 0 Å². The Kier molecular flexibility index (Phi) is 4.35. The highest BCUT2D eigenvalue weighted by molar-refractivity contribution is 9.10. The molecule has 0 aliphatic carbocycles. The molecule has 13 heavy (non-hydrogen) atoms. The number of nitrogens with one attached hydrogen (secondary N) is 1. The van der Waals surface area contributed by atoms with Crippen molar-refractivity contribution in [3.05, 3.63) is 28.5 Å². The molecule has 1 aromatic rings. The third-order valence-corrected chi connectivity index (χ3v) is 2.15. The van der Waals surface area contributed by atoms with Gasteiger partial charge in [0.25, 0.3) is 0 Å². The Hall–Kier alpha value is -0.450. The summed E-state index contributed by atoms with van der Waals surface area (Å²) in [6, 6.07) is 3.68. The summed E-state index contributed by atoms with van der Waals surface area (Å²) in [6.45, 7) is 3.40. The molecule has 0 saturated heterocycles. The van der Waals surface area contributed by atoms with Gasteiger partial charge in [-0.1, -0.05) is 6.92 Å². The van der Waals surface area contributed by atoms with Crippen molar-refractivity contribution in [2.75, 3.05) is 13.1 Å². The summed E-state index contributed by atoms with van der Waals surface area (Å²) in [5, 5.41) is 12.7. The fourth-order valence-electron chi connectivity index (χ4n) is 0.970. The van der Waals surface area contributed by atoms with Crippen LogP contribution >= 0.6 is 15.9 Å². The van der Waals surface area contributed by atoms with Crippen LogP contribution in [-0.4, -0.2) is 23.2 Å². The Labute approximate surface area is 86.3 Å². The van der Waals surface area contributed by atoms with Gasteiger partial charge >= 0.3 is 0 Å². The zero-order valence-electron chi connectivity index (χ0n) is 7.50. The molecule has 0 amide bonds. The van der Waals surface area contributed by atoms with Gasteiger partial charge in [-0.15, -0.1) is 0 Å². The van der Waals surface area contributed by atoms with Gasteiger partial charge in [0.15, 0.2) is 0 Å². The fourth-order valence-corrected chi connectivity index (χ4v) is 1.20. The van der Waals surface area contributed by atoms with Crippen molar-refractivity contribution in [2.45, 2.75) is 13.0 Å². The molecule has 3 nitrogen and oxygen atoms in total. The minimum absolute atomic E-state index is 0.520. The number of hydrogen-bond donors (Lipinski definition) is 2. The summed E-state index contributed by atoms with van der Waals surface area (Å²) < 4.78 is 0.923. The van der Waals surface area contributed by atoms with Gasteiger partial charge in [0.2, 0.25) is 0 Å². The Bertz CT molecular complexity index is 250. The lowest BCUT2D eigenvalue weighted by atomic mass is 10.2. The summed E-state index contributed by atoms with van der Waals surface area (Å²) in [5.41, 5.74) is 0.698. The molecule has 0 radical (unpaired) electrons. The van der Waals surface area contributed by atoms with Crippen LogP contribution in [0.5, 0.6) is 0 Å². The minimum Gasteiger partial charge on any atom is -0.385 e. The van der Waals surface area contributed by atoms with E-state index in [1.54, 1.807) is 6.20 Å².